The molecule has 0 saturated carbocycles. The predicted octanol–water partition coefficient (Wildman–Crippen LogP) is 0.640. The number of esters is 1. The molecule has 0 aromatic heterocycles. The Balaban J connectivity index is 2.45. The van der Waals surface area contributed by atoms with Gasteiger partial charge in [0.1, 0.15) is 4.90 Å². The topological polar surface area (TPSA) is 92.8 Å². The van der Waals surface area contributed by atoms with E-state index >= 15 is 0 Å². The highest BCUT2D eigenvalue weighted by molar-refractivity contribution is 7.89. The second kappa shape index (κ2) is 8.11. The van der Waals surface area contributed by atoms with Crippen LogP contribution >= 0.6 is 11.6 Å². The van der Waals surface area contributed by atoms with Gasteiger partial charge in [0.25, 0.3) is 5.91 Å². The Kier molecular flexibility index (Phi) is 6.79. The van der Waals surface area contributed by atoms with Crippen LogP contribution in [-0.4, -0.2) is 52.4 Å². The van der Waals surface area contributed by atoms with Gasteiger partial charge in [0.05, 0.1) is 11.4 Å². The number of hydrogen-bond donors (Lipinski definition) is 1. The average Bonchev–Trinajstić information content (AvgIpc) is 2.44. The van der Waals surface area contributed by atoms with Crippen LogP contribution in [-0.2, 0) is 24.3 Å². The van der Waals surface area contributed by atoms with Crippen molar-refractivity contribution in [3.63, 3.8) is 0 Å². The molecule has 122 valence electrons. The van der Waals surface area contributed by atoms with E-state index in [4.69, 9.17) is 16.3 Å². The molecule has 1 N–H and O–H groups in total. The Bertz CT molecular complexity index is 646. The summed E-state index contributed by atoms with van der Waals surface area (Å²) < 4.78 is 30.9. The fourth-order valence-electron chi connectivity index (χ4n) is 1.37. The first-order chi connectivity index (χ1) is 10.2. The Morgan fingerprint density at radius 2 is 1.91 bits per heavy atom. The molecule has 0 aliphatic carbocycles. The zero-order valence-corrected chi connectivity index (χ0v) is 13.8. The normalized spacial score (nSPS) is 11.0. The number of benzene rings is 1. The maximum atomic E-state index is 12.0. The number of sulfonamides is 1. The van der Waals surface area contributed by atoms with Gasteiger partial charge in [0.2, 0.25) is 10.0 Å². The number of nitrogens with zero attached hydrogens (tertiary/aromatic N) is 1. The fourth-order valence-corrected chi connectivity index (χ4v) is 2.92. The number of carbonyl (C=O) groups is 2. The van der Waals surface area contributed by atoms with E-state index in [-0.39, 0.29) is 35.4 Å². The minimum Gasteiger partial charge on any atom is -0.456 e. The van der Waals surface area contributed by atoms with Crippen molar-refractivity contribution in [1.82, 2.24) is 9.62 Å². The van der Waals surface area contributed by atoms with Gasteiger partial charge in [-0.1, -0.05) is 23.7 Å². The zero-order chi connectivity index (χ0) is 16.8. The monoisotopic (exact) mass is 348 g/mol. The molecule has 0 aliphatic rings. The quantitative estimate of drug-likeness (QED) is 0.730. The Labute approximate surface area is 134 Å². The van der Waals surface area contributed by atoms with Gasteiger partial charge in [-0.05, 0) is 12.1 Å². The van der Waals surface area contributed by atoms with Crippen molar-refractivity contribution in [2.75, 3.05) is 27.2 Å². The molecule has 0 fully saturated rings. The highest BCUT2D eigenvalue weighted by Gasteiger charge is 2.17. The molecule has 0 aliphatic heterocycles. The van der Waals surface area contributed by atoms with E-state index in [9.17, 15) is 18.0 Å². The number of likely N-dealkylation sites (N-methyl/N-ethyl adjacent to an activating group) is 1. The molecule has 0 atom stereocenters. The van der Waals surface area contributed by atoms with E-state index in [1.54, 1.807) is 12.1 Å². The highest BCUT2D eigenvalue weighted by atomic mass is 35.5. The second-order valence-corrected chi connectivity index (χ2v) is 6.67. The average molecular weight is 349 g/mol. The van der Waals surface area contributed by atoms with E-state index in [0.29, 0.717) is 0 Å². The molecule has 1 aromatic rings. The van der Waals surface area contributed by atoms with Crippen LogP contribution in [0.4, 0.5) is 0 Å². The predicted molar refractivity (Wildman–Crippen MR) is 80.9 cm³/mol. The van der Waals surface area contributed by atoms with Crippen LogP contribution < -0.4 is 4.72 Å². The summed E-state index contributed by atoms with van der Waals surface area (Å²) in [6, 6.07) is 5.97. The lowest BCUT2D eigenvalue weighted by atomic mass is 10.4. The van der Waals surface area contributed by atoms with Crippen LogP contribution in [0.2, 0.25) is 5.02 Å². The van der Waals surface area contributed by atoms with Crippen LogP contribution in [0.25, 0.3) is 0 Å². The number of nitrogens with one attached hydrogen (secondary N) is 1. The van der Waals surface area contributed by atoms with Gasteiger partial charge in [-0.3, -0.25) is 9.59 Å². The summed E-state index contributed by atoms with van der Waals surface area (Å²) in [6.45, 7) is -0.522. The molecule has 0 saturated heterocycles. The van der Waals surface area contributed by atoms with Crippen LogP contribution in [0.1, 0.15) is 6.42 Å². The Morgan fingerprint density at radius 1 is 1.27 bits per heavy atom. The summed E-state index contributed by atoms with van der Waals surface area (Å²) in [5, 5.41) is 0.0918. The first-order valence-electron chi connectivity index (χ1n) is 6.34. The maximum absolute atomic E-state index is 12.0. The summed E-state index contributed by atoms with van der Waals surface area (Å²) in [5.41, 5.74) is 0. The molecule has 1 aromatic carbocycles. The highest BCUT2D eigenvalue weighted by Crippen LogP contribution is 2.19. The van der Waals surface area contributed by atoms with Gasteiger partial charge < -0.3 is 9.64 Å². The van der Waals surface area contributed by atoms with Crippen molar-refractivity contribution in [3.8, 4) is 0 Å². The van der Waals surface area contributed by atoms with Crippen LogP contribution in [0.15, 0.2) is 29.2 Å². The van der Waals surface area contributed by atoms with E-state index in [1.807, 2.05) is 0 Å². The third-order valence-corrected chi connectivity index (χ3v) is 4.56. The number of rotatable bonds is 7. The van der Waals surface area contributed by atoms with Gasteiger partial charge in [0.15, 0.2) is 6.61 Å². The van der Waals surface area contributed by atoms with Crippen molar-refractivity contribution in [2.45, 2.75) is 11.3 Å². The first kappa shape index (κ1) is 18.4. The minimum absolute atomic E-state index is 0.0622. The van der Waals surface area contributed by atoms with E-state index < -0.39 is 16.0 Å². The number of carbonyl (C=O) groups excluding carboxylic acids is 2. The Morgan fingerprint density at radius 3 is 2.50 bits per heavy atom. The van der Waals surface area contributed by atoms with Crippen molar-refractivity contribution in [1.29, 1.82) is 0 Å². The molecule has 9 heteroatoms. The summed E-state index contributed by atoms with van der Waals surface area (Å²) in [4.78, 5) is 23.9. The third kappa shape index (κ3) is 5.63. The molecule has 0 heterocycles. The lowest BCUT2D eigenvalue weighted by molar-refractivity contribution is -0.150. The molecule has 1 amide bonds. The maximum Gasteiger partial charge on any atom is 0.307 e. The standard InChI is InChI=1S/C13H17ClN2O5S/c1-16(2)12(17)9-21-13(18)7-8-15-22(19,20)11-6-4-3-5-10(11)14/h3-6,15H,7-9H2,1-2H3. The van der Waals surface area contributed by atoms with Crippen molar-refractivity contribution in [3.05, 3.63) is 29.3 Å². The fraction of sp³-hybridized carbons (Fsp3) is 0.385. The molecule has 22 heavy (non-hydrogen) atoms. The summed E-state index contributed by atoms with van der Waals surface area (Å²) >= 11 is 5.81. The van der Waals surface area contributed by atoms with E-state index in [0.717, 1.165) is 0 Å². The summed E-state index contributed by atoms with van der Waals surface area (Å²) in [6.07, 6.45) is -0.190. The van der Waals surface area contributed by atoms with Crippen molar-refractivity contribution >= 4 is 33.5 Å². The van der Waals surface area contributed by atoms with Gasteiger partial charge in [-0.2, -0.15) is 0 Å². The number of hydrogen-bond acceptors (Lipinski definition) is 5. The second-order valence-electron chi connectivity index (χ2n) is 4.53. The molecule has 7 nitrogen and oxygen atoms in total. The van der Waals surface area contributed by atoms with Gasteiger partial charge in [-0.15, -0.1) is 0 Å². The molecular weight excluding hydrogens is 332 g/mol. The van der Waals surface area contributed by atoms with Gasteiger partial charge >= 0.3 is 5.97 Å². The Hall–Kier alpha value is -1.64. The molecular formula is C13H17ClN2O5S. The van der Waals surface area contributed by atoms with Crippen LogP contribution in [0, 0.1) is 0 Å². The van der Waals surface area contributed by atoms with Gasteiger partial charge in [-0.25, -0.2) is 13.1 Å². The molecule has 0 spiro atoms. The first-order valence-corrected chi connectivity index (χ1v) is 8.20. The number of amides is 1. The lowest BCUT2D eigenvalue weighted by Crippen LogP contribution is -2.30. The SMILES string of the molecule is CN(C)C(=O)COC(=O)CCNS(=O)(=O)c1ccccc1Cl. The smallest absolute Gasteiger partial charge is 0.307 e. The minimum atomic E-state index is -3.80. The summed E-state index contributed by atoms with van der Waals surface area (Å²) in [7, 11) is -0.725. The van der Waals surface area contributed by atoms with Crippen LogP contribution in [0.3, 0.4) is 0 Å². The molecule has 1 rings (SSSR count). The summed E-state index contributed by atoms with van der Waals surface area (Å²) in [5.74, 6) is -1.03. The van der Waals surface area contributed by atoms with Gasteiger partial charge in [0, 0.05) is 20.6 Å². The van der Waals surface area contributed by atoms with E-state index in [1.165, 1.54) is 31.1 Å². The molecule has 0 bridgehead atoms. The zero-order valence-electron chi connectivity index (χ0n) is 12.2. The van der Waals surface area contributed by atoms with Crippen molar-refractivity contribution < 1.29 is 22.7 Å². The molecule has 0 radical (unpaired) electrons. The van der Waals surface area contributed by atoms with Crippen molar-refractivity contribution in [2.24, 2.45) is 0 Å². The lowest BCUT2D eigenvalue weighted by Gasteiger charge is -2.11. The number of ether oxygens (including phenoxy) is 1. The largest absolute Gasteiger partial charge is 0.456 e. The van der Waals surface area contributed by atoms with E-state index in [2.05, 4.69) is 4.72 Å². The third-order valence-electron chi connectivity index (χ3n) is 2.60. The molecule has 0 unspecified atom stereocenters. The number of halogens is 1. The van der Waals surface area contributed by atoms with Crippen LogP contribution in [0.5, 0.6) is 0 Å².